The van der Waals surface area contributed by atoms with Crippen LogP contribution in [-0.4, -0.2) is 20.8 Å². The standard InChI is InChI=1S/C31H26ClF2N5OS/c1-20-10-13-23(32)17-28(20)39-29(37-38-31(39)41-19-22-11-14-24(33)15-12-22)27(16-21-6-3-2-4-7-21)36-30(40)35-26-9-5-8-25(34)18-26/h2-15,17-18,27H,16,19H2,1H3,(H2,35,36,40). The minimum Gasteiger partial charge on any atom is -0.327 e. The molecular weight excluding hydrogens is 564 g/mol. The molecule has 0 aliphatic rings. The molecule has 5 aromatic rings. The van der Waals surface area contributed by atoms with E-state index in [0.29, 0.717) is 33.9 Å². The SMILES string of the molecule is Cc1ccc(Cl)cc1-n1c(SCc2ccc(F)cc2)nnc1C(Cc1ccccc1)NC(=O)Nc1cccc(F)c1. The highest BCUT2D eigenvalue weighted by Gasteiger charge is 2.26. The van der Waals surface area contributed by atoms with E-state index in [0.717, 1.165) is 22.4 Å². The van der Waals surface area contributed by atoms with Crippen LogP contribution in [0.3, 0.4) is 0 Å². The summed E-state index contributed by atoms with van der Waals surface area (Å²) in [5.74, 6) is 0.262. The molecule has 10 heteroatoms. The van der Waals surface area contributed by atoms with Crippen molar-refractivity contribution in [3.8, 4) is 5.69 Å². The maximum absolute atomic E-state index is 13.7. The molecule has 41 heavy (non-hydrogen) atoms. The summed E-state index contributed by atoms with van der Waals surface area (Å²) in [6.07, 6.45) is 0.414. The number of carbonyl (C=O) groups is 1. The minimum absolute atomic E-state index is 0.301. The predicted molar refractivity (Wildman–Crippen MR) is 159 cm³/mol. The topological polar surface area (TPSA) is 71.8 Å². The van der Waals surface area contributed by atoms with Crippen molar-refractivity contribution in [1.29, 1.82) is 0 Å². The van der Waals surface area contributed by atoms with Crippen LogP contribution in [0, 0.1) is 18.6 Å². The number of urea groups is 1. The molecule has 0 aliphatic heterocycles. The molecule has 4 aromatic carbocycles. The molecule has 0 fully saturated rings. The molecular formula is C31H26ClF2N5OS. The fourth-order valence-corrected chi connectivity index (χ4v) is 5.40. The third-order valence-electron chi connectivity index (χ3n) is 6.33. The van der Waals surface area contributed by atoms with Crippen LogP contribution in [0.2, 0.25) is 5.02 Å². The summed E-state index contributed by atoms with van der Waals surface area (Å²) >= 11 is 7.85. The number of anilines is 1. The van der Waals surface area contributed by atoms with Gasteiger partial charge in [-0.25, -0.2) is 13.6 Å². The highest BCUT2D eigenvalue weighted by molar-refractivity contribution is 7.98. The Morgan fingerprint density at radius 1 is 0.902 bits per heavy atom. The zero-order chi connectivity index (χ0) is 28.8. The van der Waals surface area contributed by atoms with Gasteiger partial charge in [0.05, 0.1) is 11.7 Å². The molecule has 1 unspecified atom stereocenters. The van der Waals surface area contributed by atoms with E-state index >= 15 is 0 Å². The van der Waals surface area contributed by atoms with E-state index < -0.39 is 17.9 Å². The molecule has 2 N–H and O–H groups in total. The van der Waals surface area contributed by atoms with Gasteiger partial charge in [-0.05, 0) is 66.1 Å². The Bertz CT molecular complexity index is 1650. The summed E-state index contributed by atoms with van der Waals surface area (Å²) in [6, 6.07) is 26.1. The Kier molecular flexibility index (Phi) is 8.96. The second kappa shape index (κ2) is 13.0. The zero-order valence-corrected chi connectivity index (χ0v) is 23.6. The smallest absolute Gasteiger partial charge is 0.319 e. The summed E-state index contributed by atoms with van der Waals surface area (Å²) in [4.78, 5) is 13.2. The van der Waals surface area contributed by atoms with Crippen molar-refractivity contribution in [3.63, 3.8) is 0 Å². The van der Waals surface area contributed by atoms with E-state index in [2.05, 4.69) is 20.8 Å². The molecule has 0 aliphatic carbocycles. The van der Waals surface area contributed by atoms with Crippen molar-refractivity contribution < 1.29 is 13.6 Å². The Morgan fingerprint density at radius 3 is 2.44 bits per heavy atom. The second-order valence-corrected chi connectivity index (χ2v) is 10.8. The first-order chi connectivity index (χ1) is 19.9. The van der Waals surface area contributed by atoms with E-state index in [1.54, 1.807) is 18.2 Å². The highest BCUT2D eigenvalue weighted by Crippen LogP contribution is 2.31. The molecule has 6 nitrogen and oxygen atoms in total. The number of amides is 2. The molecule has 0 saturated heterocycles. The van der Waals surface area contributed by atoms with Crippen LogP contribution in [0.15, 0.2) is 102 Å². The normalized spacial score (nSPS) is 11.7. The number of carbonyl (C=O) groups excluding carboxylic acids is 1. The van der Waals surface area contributed by atoms with Crippen LogP contribution in [0.25, 0.3) is 5.69 Å². The minimum atomic E-state index is -0.614. The number of aromatic nitrogens is 3. The Labute approximate surface area is 245 Å². The Morgan fingerprint density at radius 2 is 1.68 bits per heavy atom. The van der Waals surface area contributed by atoms with Crippen molar-refractivity contribution in [3.05, 3.63) is 136 Å². The molecule has 1 aromatic heterocycles. The van der Waals surface area contributed by atoms with Crippen LogP contribution in [0.5, 0.6) is 0 Å². The fourth-order valence-electron chi connectivity index (χ4n) is 4.33. The molecule has 1 heterocycles. The summed E-state index contributed by atoms with van der Waals surface area (Å²) in [5, 5.41) is 15.9. The molecule has 0 bridgehead atoms. The van der Waals surface area contributed by atoms with Gasteiger partial charge in [-0.2, -0.15) is 0 Å². The molecule has 0 saturated carbocycles. The van der Waals surface area contributed by atoms with E-state index in [9.17, 15) is 13.6 Å². The van der Waals surface area contributed by atoms with Crippen molar-refractivity contribution in [2.24, 2.45) is 0 Å². The molecule has 5 rings (SSSR count). The maximum atomic E-state index is 13.7. The van der Waals surface area contributed by atoms with Gasteiger partial charge in [0.2, 0.25) is 0 Å². The Hall–Kier alpha value is -4.21. The van der Waals surface area contributed by atoms with Crippen molar-refractivity contribution in [2.75, 3.05) is 5.32 Å². The lowest BCUT2D eigenvalue weighted by atomic mass is 10.0. The molecule has 0 radical (unpaired) electrons. The van der Waals surface area contributed by atoms with Crippen LogP contribution in [0.4, 0.5) is 19.3 Å². The van der Waals surface area contributed by atoms with Gasteiger partial charge in [0.1, 0.15) is 11.6 Å². The van der Waals surface area contributed by atoms with Crippen LogP contribution < -0.4 is 10.6 Å². The molecule has 2 amide bonds. The first-order valence-corrected chi connectivity index (χ1v) is 14.2. The van der Waals surface area contributed by atoms with E-state index in [1.165, 1.54) is 42.1 Å². The summed E-state index contributed by atoms with van der Waals surface area (Å²) in [6.45, 7) is 1.96. The van der Waals surface area contributed by atoms with Crippen LogP contribution >= 0.6 is 23.4 Å². The molecule has 208 valence electrons. The number of nitrogens with one attached hydrogen (secondary N) is 2. The fraction of sp³-hybridized carbons (Fsp3) is 0.129. The number of hydrogen-bond donors (Lipinski definition) is 2. The number of thioether (sulfide) groups is 1. The Balaban J connectivity index is 1.53. The number of aryl methyl sites for hydroxylation is 1. The summed E-state index contributed by atoms with van der Waals surface area (Å²) in [7, 11) is 0. The van der Waals surface area contributed by atoms with Gasteiger partial charge in [-0.3, -0.25) is 4.57 Å². The van der Waals surface area contributed by atoms with Crippen LogP contribution in [-0.2, 0) is 12.2 Å². The van der Waals surface area contributed by atoms with E-state index in [4.69, 9.17) is 11.6 Å². The lowest BCUT2D eigenvalue weighted by Crippen LogP contribution is -2.35. The summed E-state index contributed by atoms with van der Waals surface area (Å²) in [5.41, 5.74) is 3.92. The van der Waals surface area contributed by atoms with Gasteiger partial charge in [0.25, 0.3) is 0 Å². The quantitative estimate of drug-likeness (QED) is 0.171. The lowest BCUT2D eigenvalue weighted by Gasteiger charge is -2.21. The predicted octanol–water partition coefficient (Wildman–Crippen LogP) is 7.91. The first kappa shape index (κ1) is 28.3. The van der Waals surface area contributed by atoms with Crippen molar-refractivity contribution >= 4 is 35.1 Å². The van der Waals surface area contributed by atoms with E-state index in [-0.39, 0.29) is 5.82 Å². The molecule has 1 atom stereocenters. The number of rotatable bonds is 9. The number of benzene rings is 4. The van der Waals surface area contributed by atoms with Gasteiger partial charge < -0.3 is 10.6 Å². The third-order valence-corrected chi connectivity index (χ3v) is 7.57. The molecule has 0 spiro atoms. The zero-order valence-electron chi connectivity index (χ0n) is 22.0. The first-order valence-electron chi connectivity index (χ1n) is 12.8. The van der Waals surface area contributed by atoms with Gasteiger partial charge in [-0.1, -0.05) is 78.0 Å². The lowest BCUT2D eigenvalue weighted by molar-refractivity contribution is 0.247. The second-order valence-electron chi connectivity index (χ2n) is 9.37. The number of nitrogens with zero attached hydrogens (tertiary/aromatic N) is 3. The van der Waals surface area contributed by atoms with Gasteiger partial charge in [0.15, 0.2) is 11.0 Å². The third kappa shape index (κ3) is 7.31. The van der Waals surface area contributed by atoms with Gasteiger partial charge >= 0.3 is 6.03 Å². The average Bonchev–Trinajstić information content (AvgIpc) is 3.38. The highest BCUT2D eigenvalue weighted by atomic mass is 35.5. The van der Waals surface area contributed by atoms with E-state index in [1.807, 2.05) is 60.0 Å². The monoisotopic (exact) mass is 589 g/mol. The van der Waals surface area contributed by atoms with Gasteiger partial charge in [0, 0.05) is 22.9 Å². The average molecular weight is 590 g/mol. The number of halogens is 3. The maximum Gasteiger partial charge on any atom is 0.319 e. The largest absolute Gasteiger partial charge is 0.327 e. The number of hydrogen-bond acceptors (Lipinski definition) is 4. The summed E-state index contributed by atoms with van der Waals surface area (Å²) < 4.78 is 29.1. The van der Waals surface area contributed by atoms with Gasteiger partial charge in [-0.15, -0.1) is 10.2 Å². The van der Waals surface area contributed by atoms with Crippen LogP contribution in [0.1, 0.15) is 28.6 Å². The van der Waals surface area contributed by atoms with Crippen molar-refractivity contribution in [2.45, 2.75) is 30.3 Å². The van der Waals surface area contributed by atoms with Crippen molar-refractivity contribution in [1.82, 2.24) is 20.1 Å².